The number of methoxy groups -OCH3 is 2. The molecule has 1 saturated carbocycles. The monoisotopic (exact) mass is 462 g/mol. The van der Waals surface area contributed by atoms with Gasteiger partial charge in [0.15, 0.2) is 12.4 Å². The first-order valence-electron chi connectivity index (χ1n) is 9.25. The van der Waals surface area contributed by atoms with Crippen molar-refractivity contribution in [2.45, 2.75) is 44.3 Å². The normalized spacial score (nSPS) is 14.0. The predicted molar refractivity (Wildman–Crippen MR) is 122 cm³/mol. The summed E-state index contributed by atoms with van der Waals surface area (Å²) < 4.78 is 9.18. The summed E-state index contributed by atoms with van der Waals surface area (Å²) in [5.74, 6) is -0.762. The number of rotatable bonds is 5. The Morgan fingerprint density at radius 2 is 1.67 bits per heavy atom. The molecule has 0 aromatic heterocycles. The number of ether oxygens (including phenoxy) is 2. The second-order valence-electron chi connectivity index (χ2n) is 5.94. The van der Waals surface area contributed by atoms with Crippen LogP contribution in [-0.4, -0.2) is 52.5 Å². The Balaban J connectivity index is 0. The minimum absolute atomic E-state index is 0.350. The summed E-state index contributed by atoms with van der Waals surface area (Å²) in [7, 11) is 4.82. The summed E-state index contributed by atoms with van der Waals surface area (Å²) in [6.07, 6.45) is 11.0. The molecule has 1 aromatic carbocycles. The van der Waals surface area contributed by atoms with E-state index in [1.807, 2.05) is 26.0 Å². The zero-order chi connectivity index (χ0) is 23.4. The molecule has 0 radical (unpaired) electrons. The lowest BCUT2D eigenvalue weighted by Crippen LogP contribution is -2.31. The minimum atomic E-state index is -1.09. The van der Waals surface area contributed by atoms with E-state index in [0.29, 0.717) is 22.4 Å². The van der Waals surface area contributed by atoms with Crippen LogP contribution in [0.1, 0.15) is 32.1 Å². The highest BCUT2D eigenvalue weighted by Crippen LogP contribution is 2.22. The van der Waals surface area contributed by atoms with Gasteiger partial charge in [-0.25, -0.2) is 0 Å². The number of hydrogen-bond donors (Lipinski definition) is 2. The van der Waals surface area contributed by atoms with Gasteiger partial charge in [0.1, 0.15) is 6.79 Å². The number of nitrogens with two attached hydrogens (primary N) is 1. The molecule has 3 N–H and O–H groups in total. The molecule has 1 amide bonds. The number of aldehydes is 1. The van der Waals surface area contributed by atoms with Crippen LogP contribution in [0.2, 0.25) is 10.0 Å². The van der Waals surface area contributed by atoms with E-state index >= 15 is 0 Å². The van der Waals surface area contributed by atoms with Crippen LogP contribution in [0.25, 0.3) is 0 Å². The Morgan fingerprint density at radius 1 is 1.17 bits per heavy atom. The zero-order valence-corrected chi connectivity index (χ0v) is 19.2. The molecule has 0 heterocycles. The molecular weight excluding hydrogens is 431 g/mol. The fourth-order valence-electron chi connectivity index (χ4n) is 1.83. The third-order valence-electron chi connectivity index (χ3n) is 3.58. The predicted octanol–water partition coefficient (Wildman–Crippen LogP) is 4.06. The molecule has 9 heteroatoms. The van der Waals surface area contributed by atoms with Gasteiger partial charge in [0, 0.05) is 37.0 Å². The van der Waals surface area contributed by atoms with Gasteiger partial charge < -0.3 is 25.3 Å². The first-order valence-corrected chi connectivity index (χ1v) is 10.0. The van der Waals surface area contributed by atoms with Crippen molar-refractivity contribution in [3.8, 4) is 0 Å². The van der Waals surface area contributed by atoms with E-state index < -0.39 is 12.0 Å². The smallest absolute Gasteiger partial charge is 0.253 e. The average Bonchev–Trinajstić information content (AvgIpc) is 3.39. The Labute approximate surface area is 188 Å². The van der Waals surface area contributed by atoms with Crippen molar-refractivity contribution in [2.24, 2.45) is 5.73 Å². The van der Waals surface area contributed by atoms with E-state index in [1.165, 1.54) is 39.2 Å². The molecule has 2 aliphatic carbocycles. The lowest BCUT2D eigenvalue weighted by molar-refractivity contribution is -0.133. The van der Waals surface area contributed by atoms with Gasteiger partial charge in [-0.1, -0.05) is 35.4 Å². The van der Waals surface area contributed by atoms with Gasteiger partial charge >= 0.3 is 0 Å². The van der Waals surface area contributed by atoms with E-state index in [-0.39, 0.29) is 0 Å². The summed E-state index contributed by atoms with van der Waals surface area (Å²) in [4.78, 5) is 27.8. The maximum atomic E-state index is 10.0. The van der Waals surface area contributed by atoms with Gasteiger partial charge in [0.25, 0.3) is 5.91 Å². The minimum Gasteiger partial charge on any atom is -0.388 e. The van der Waals surface area contributed by atoms with Gasteiger partial charge in [0.05, 0.1) is 6.10 Å². The number of anilines is 1. The van der Waals surface area contributed by atoms with Crippen LogP contribution in [0, 0.1) is 0 Å². The first kappa shape index (κ1) is 30.3. The number of carbonyl (C=O) groups excluding carboxylic acids is 3. The summed E-state index contributed by atoms with van der Waals surface area (Å²) in [6.45, 7) is 2.00. The topological polar surface area (TPSA) is 108 Å². The summed E-state index contributed by atoms with van der Waals surface area (Å²) >= 11 is 11.4. The largest absolute Gasteiger partial charge is 0.388 e. The molecule has 1 atom stereocenters. The van der Waals surface area contributed by atoms with Crippen LogP contribution in [0.4, 0.5) is 5.69 Å². The van der Waals surface area contributed by atoms with Crippen molar-refractivity contribution in [3.63, 3.8) is 0 Å². The number of carbonyl (C=O) groups is 3. The van der Waals surface area contributed by atoms with Crippen molar-refractivity contribution in [2.75, 3.05) is 26.6 Å². The fraction of sp³-hybridized carbons (Fsp3) is 0.476. The number of primary amides is 1. The van der Waals surface area contributed by atoms with Crippen molar-refractivity contribution in [1.29, 1.82) is 0 Å². The van der Waals surface area contributed by atoms with Crippen molar-refractivity contribution in [1.82, 2.24) is 0 Å². The highest BCUT2D eigenvalue weighted by Gasteiger charge is 2.19. The molecule has 0 spiro atoms. The number of amides is 1. The van der Waals surface area contributed by atoms with Gasteiger partial charge in [-0.3, -0.25) is 9.59 Å². The van der Waals surface area contributed by atoms with Gasteiger partial charge in [0.2, 0.25) is 0 Å². The van der Waals surface area contributed by atoms with E-state index in [2.05, 4.69) is 27.9 Å². The number of nitrogens with one attached hydrogen (secondary N) is 1. The molecule has 0 bridgehead atoms. The average molecular weight is 463 g/mol. The maximum absolute atomic E-state index is 10.0. The Morgan fingerprint density at radius 3 is 1.83 bits per heavy atom. The van der Waals surface area contributed by atoms with E-state index in [9.17, 15) is 9.59 Å². The lowest BCUT2D eigenvalue weighted by atomic mass is 10.3. The Hall–Kier alpha value is -1.93. The lowest BCUT2D eigenvalue weighted by Gasteiger charge is -1.99. The standard InChI is InChI=1S/C7H7Cl2N.C5H8.C4H7NO3.C4H8O.CH2O/c1-10-7-3-5(8)2-6(9)4-7;1-2-4-5-3-1;1-8-3(2-6)4(5)7;1-5-4-2-3-4;1-2/h2-4,10H,1H3;1-2H,3-5H2;2-3H,1H3,(H2,5,7);4H,2-3H2,1H3;1H2. The van der Waals surface area contributed by atoms with Crippen LogP contribution in [0.15, 0.2) is 30.4 Å². The Bertz CT molecular complexity index is 599. The van der Waals surface area contributed by atoms with Crippen molar-refractivity contribution >= 4 is 47.9 Å². The third kappa shape index (κ3) is 18.1. The van der Waals surface area contributed by atoms with E-state index in [4.69, 9.17) is 32.7 Å². The molecule has 3 rings (SSSR count). The number of hydrogen-bond acceptors (Lipinski definition) is 6. The molecule has 0 saturated heterocycles. The van der Waals surface area contributed by atoms with Gasteiger partial charge in [-0.15, -0.1) is 0 Å². The van der Waals surface area contributed by atoms with Crippen molar-refractivity contribution in [3.05, 3.63) is 40.4 Å². The third-order valence-corrected chi connectivity index (χ3v) is 4.01. The quantitative estimate of drug-likeness (QED) is 0.388. The highest BCUT2D eigenvalue weighted by atomic mass is 35.5. The molecule has 2 aliphatic rings. The molecule has 1 aromatic rings. The van der Waals surface area contributed by atoms with Gasteiger partial charge in [-0.05, 0) is 50.3 Å². The van der Waals surface area contributed by atoms with Crippen LogP contribution in [0.3, 0.4) is 0 Å². The highest BCUT2D eigenvalue weighted by molar-refractivity contribution is 6.35. The number of allylic oxidation sites excluding steroid dienone is 2. The maximum Gasteiger partial charge on any atom is 0.253 e. The molecule has 170 valence electrons. The fourth-order valence-corrected chi connectivity index (χ4v) is 2.36. The SMILES string of the molecule is C1=CCCC1.C=O.CNc1cc(Cl)cc(Cl)c1.COC(C=O)C(N)=O.COC1CC1. The van der Waals surface area contributed by atoms with Crippen LogP contribution >= 0.6 is 23.2 Å². The molecular formula is C21H32Cl2N2O5. The van der Waals surface area contributed by atoms with Crippen molar-refractivity contribution < 1.29 is 23.9 Å². The molecule has 7 nitrogen and oxygen atoms in total. The number of benzene rings is 1. The van der Waals surface area contributed by atoms with E-state index in [0.717, 1.165) is 5.69 Å². The van der Waals surface area contributed by atoms with Crippen LogP contribution < -0.4 is 11.1 Å². The Kier molecular flexibility index (Phi) is 20.5. The molecule has 1 unspecified atom stereocenters. The van der Waals surface area contributed by atoms with Crippen LogP contribution in [0.5, 0.6) is 0 Å². The second-order valence-corrected chi connectivity index (χ2v) is 6.81. The molecule has 1 fully saturated rings. The zero-order valence-electron chi connectivity index (χ0n) is 17.7. The first-order chi connectivity index (χ1) is 14.4. The van der Waals surface area contributed by atoms with Gasteiger partial charge in [-0.2, -0.15) is 0 Å². The van der Waals surface area contributed by atoms with E-state index in [1.54, 1.807) is 13.2 Å². The molecule has 30 heavy (non-hydrogen) atoms. The summed E-state index contributed by atoms with van der Waals surface area (Å²) in [5.41, 5.74) is 5.59. The number of halogens is 2. The van der Waals surface area contributed by atoms with Crippen LogP contribution in [-0.2, 0) is 23.9 Å². The summed E-state index contributed by atoms with van der Waals surface area (Å²) in [6, 6.07) is 5.32. The molecule has 0 aliphatic heterocycles. The summed E-state index contributed by atoms with van der Waals surface area (Å²) in [5, 5.41) is 4.24. The second kappa shape index (κ2) is 20.3.